The van der Waals surface area contributed by atoms with Crippen LogP contribution in [-0.4, -0.2) is 9.78 Å². The van der Waals surface area contributed by atoms with E-state index in [0.717, 1.165) is 16.3 Å². The van der Waals surface area contributed by atoms with Gasteiger partial charge in [0.25, 0.3) is 0 Å². The van der Waals surface area contributed by atoms with Gasteiger partial charge in [0.15, 0.2) is 0 Å². The molecular formula is C16H19ClN2. The average Bonchev–Trinajstić information content (AvgIpc) is 2.82. The van der Waals surface area contributed by atoms with Crippen molar-refractivity contribution in [1.82, 2.24) is 9.78 Å². The summed E-state index contributed by atoms with van der Waals surface area (Å²) in [4.78, 5) is 0. The SMILES string of the molecule is Cn1nc(C2CCCCC2)cc1-c1ccccc1Cl. The molecule has 3 rings (SSSR count). The third-order valence-electron chi connectivity index (χ3n) is 4.07. The van der Waals surface area contributed by atoms with E-state index in [0.29, 0.717) is 5.92 Å². The van der Waals surface area contributed by atoms with Gasteiger partial charge in [0.1, 0.15) is 0 Å². The number of halogens is 1. The zero-order valence-electron chi connectivity index (χ0n) is 11.3. The molecule has 0 atom stereocenters. The zero-order chi connectivity index (χ0) is 13.2. The second-order valence-corrected chi connectivity index (χ2v) is 5.80. The number of aryl methyl sites for hydroxylation is 1. The van der Waals surface area contributed by atoms with Gasteiger partial charge in [-0.3, -0.25) is 4.68 Å². The molecule has 19 heavy (non-hydrogen) atoms. The highest BCUT2D eigenvalue weighted by molar-refractivity contribution is 6.33. The van der Waals surface area contributed by atoms with Crippen molar-refractivity contribution in [2.75, 3.05) is 0 Å². The first-order valence-electron chi connectivity index (χ1n) is 7.04. The summed E-state index contributed by atoms with van der Waals surface area (Å²) >= 11 is 6.28. The van der Waals surface area contributed by atoms with E-state index in [1.54, 1.807) is 0 Å². The number of aromatic nitrogens is 2. The lowest BCUT2D eigenvalue weighted by Crippen LogP contribution is -2.05. The van der Waals surface area contributed by atoms with E-state index >= 15 is 0 Å². The molecular weight excluding hydrogens is 256 g/mol. The molecule has 3 heteroatoms. The minimum Gasteiger partial charge on any atom is -0.268 e. The maximum Gasteiger partial charge on any atom is 0.0696 e. The van der Waals surface area contributed by atoms with Crippen LogP contribution in [0.4, 0.5) is 0 Å². The number of hydrogen-bond donors (Lipinski definition) is 0. The van der Waals surface area contributed by atoms with Gasteiger partial charge in [0.2, 0.25) is 0 Å². The molecule has 0 spiro atoms. The van der Waals surface area contributed by atoms with E-state index in [9.17, 15) is 0 Å². The van der Waals surface area contributed by atoms with E-state index in [4.69, 9.17) is 16.7 Å². The predicted octanol–water partition coefficient (Wildman–Crippen LogP) is 4.79. The van der Waals surface area contributed by atoms with E-state index in [1.807, 2.05) is 29.9 Å². The van der Waals surface area contributed by atoms with Crippen LogP contribution < -0.4 is 0 Å². The molecule has 0 aliphatic heterocycles. The van der Waals surface area contributed by atoms with Crippen molar-refractivity contribution in [3.05, 3.63) is 41.0 Å². The quantitative estimate of drug-likeness (QED) is 0.770. The molecule has 0 radical (unpaired) electrons. The van der Waals surface area contributed by atoms with Gasteiger partial charge in [0, 0.05) is 23.6 Å². The molecule has 0 saturated heterocycles. The first kappa shape index (κ1) is 12.7. The molecule has 2 nitrogen and oxygen atoms in total. The van der Waals surface area contributed by atoms with Gasteiger partial charge in [-0.05, 0) is 25.0 Å². The number of rotatable bonds is 2. The highest BCUT2D eigenvalue weighted by Gasteiger charge is 2.20. The Morgan fingerprint density at radius 3 is 2.63 bits per heavy atom. The monoisotopic (exact) mass is 274 g/mol. The third kappa shape index (κ3) is 2.55. The van der Waals surface area contributed by atoms with E-state index in [2.05, 4.69) is 12.1 Å². The van der Waals surface area contributed by atoms with E-state index in [1.165, 1.54) is 37.8 Å². The van der Waals surface area contributed by atoms with Crippen LogP contribution in [0, 0.1) is 0 Å². The first-order chi connectivity index (χ1) is 9.25. The highest BCUT2D eigenvalue weighted by Crippen LogP contribution is 2.35. The predicted molar refractivity (Wildman–Crippen MR) is 79.5 cm³/mol. The normalized spacial score (nSPS) is 16.7. The Balaban J connectivity index is 1.95. The van der Waals surface area contributed by atoms with Gasteiger partial charge < -0.3 is 0 Å². The average molecular weight is 275 g/mol. The summed E-state index contributed by atoms with van der Waals surface area (Å²) in [7, 11) is 2.00. The largest absolute Gasteiger partial charge is 0.268 e. The summed E-state index contributed by atoms with van der Waals surface area (Å²) in [5.74, 6) is 0.635. The Hall–Kier alpha value is -1.28. The highest BCUT2D eigenvalue weighted by atomic mass is 35.5. The van der Waals surface area contributed by atoms with Crippen molar-refractivity contribution in [2.45, 2.75) is 38.0 Å². The molecule has 0 bridgehead atoms. The van der Waals surface area contributed by atoms with Crippen molar-refractivity contribution in [1.29, 1.82) is 0 Å². The topological polar surface area (TPSA) is 17.8 Å². The molecule has 1 aliphatic rings. The molecule has 0 unspecified atom stereocenters. The molecule has 100 valence electrons. The van der Waals surface area contributed by atoms with Crippen LogP contribution >= 0.6 is 11.6 Å². The third-order valence-corrected chi connectivity index (χ3v) is 4.40. The van der Waals surface area contributed by atoms with Crippen LogP contribution in [0.15, 0.2) is 30.3 Å². The molecule has 1 heterocycles. The van der Waals surface area contributed by atoms with Crippen LogP contribution in [0.2, 0.25) is 5.02 Å². The lowest BCUT2D eigenvalue weighted by atomic mass is 9.87. The van der Waals surface area contributed by atoms with Crippen LogP contribution in [-0.2, 0) is 7.05 Å². The van der Waals surface area contributed by atoms with Gasteiger partial charge in [0.05, 0.1) is 11.4 Å². The summed E-state index contributed by atoms with van der Waals surface area (Å²) in [6.07, 6.45) is 6.60. The van der Waals surface area contributed by atoms with Gasteiger partial charge in [-0.2, -0.15) is 5.10 Å². The van der Waals surface area contributed by atoms with Gasteiger partial charge in [-0.15, -0.1) is 0 Å². The Bertz CT molecular complexity index is 568. The molecule has 2 aromatic rings. The molecule has 1 aromatic heterocycles. The maximum atomic E-state index is 6.28. The fourth-order valence-electron chi connectivity index (χ4n) is 3.01. The Morgan fingerprint density at radius 1 is 1.16 bits per heavy atom. The van der Waals surface area contributed by atoms with Crippen LogP contribution in [0.25, 0.3) is 11.3 Å². The lowest BCUT2D eigenvalue weighted by Gasteiger charge is -2.19. The van der Waals surface area contributed by atoms with Crippen molar-refractivity contribution in [3.8, 4) is 11.3 Å². The van der Waals surface area contributed by atoms with Gasteiger partial charge in [-0.25, -0.2) is 0 Å². The lowest BCUT2D eigenvalue weighted by molar-refractivity contribution is 0.433. The van der Waals surface area contributed by atoms with Crippen molar-refractivity contribution in [3.63, 3.8) is 0 Å². The van der Waals surface area contributed by atoms with Gasteiger partial charge in [-0.1, -0.05) is 49.1 Å². The first-order valence-corrected chi connectivity index (χ1v) is 7.42. The Kier molecular flexibility index (Phi) is 3.61. The second-order valence-electron chi connectivity index (χ2n) is 5.39. The smallest absolute Gasteiger partial charge is 0.0696 e. The number of benzene rings is 1. The summed E-state index contributed by atoms with van der Waals surface area (Å²) in [5, 5.41) is 5.50. The maximum absolute atomic E-state index is 6.28. The van der Waals surface area contributed by atoms with Crippen LogP contribution in [0.5, 0.6) is 0 Å². The molecule has 1 aliphatic carbocycles. The fourth-order valence-corrected chi connectivity index (χ4v) is 3.24. The number of hydrogen-bond acceptors (Lipinski definition) is 1. The summed E-state index contributed by atoms with van der Waals surface area (Å²) in [5.41, 5.74) is 3.42. The standard InChI is InChI=1S/C16H19ClN2/c1-19-16(13-9-5-6-10-14(13)17)11-15(18-19)12-7-3-2-4-8-12/h5-6,9-12H,2-4,7-8H2,1H3. The van der Waals surface area contributed by atoms with Crippen LogP contribution in [0.3, 0.4) is 0 Å². The zero-order valence-corrected chi connectivity index (χ0v) is 12.0. The molecule has 0 amide bonds. The summed E-state index contributed by atoms with van der Waals surface area (Å²) < 4.78 is 1.96. The molecule has 1 saturated carbocycles. The Labute approximate surface area is 119 Å². The van der Waals surface area contributed by atoms with Gasteiger partial charge >= 0.3 is 0 Å². The molecule has 1 aromatic carbocycles. The van der Waals surface area contributed by atoms with Crippen molar-refractivity contribution < 1.29 is 0 Å². The fraction of sp³-hybridized carbons (Fsp3) is 0.438. The van der Waals surface area contributed by atoms with Crippen LogP contribution in [0.1, 0.15) is 43.7 Å². The van der Waals surface area contributed by atoms with E-state index in [-0.39, 0.29) is 0 Å². The molecule has 0 N–H and O–H groups in total. The van der Waals surface area contributed by atoms with Crippen molar-refractivity contribution in [2.24, 2.45) is 7.05 Å². The van der Waals surface area contributed by atoms with E-state index < -0.39 is 0 Å². The molecule has 1 fully saturated rings. The van der Waals surface area contributed by atoms with Crippen molar-refractivity contribution >= 4 is 11.6 Å². The summed E-state index contributed by atoms with van der Waals surface area (Å²) in [6, 6.07) is 10.2. The second kappa shape index (κ2) is 5.38. The minimum atomic E-state index is 0.635. The summed E-state index contributed by atoms with van der Waals surface area (Å²) in [6.45, 7) is 0. The Morgan fingerprint density at radius 2 is 1.89 bits per heavy atom. The minimum absolute atomic E-state index is 0.635. The number of nitrogens with zero attached hydrogens (tertiary/aromatic N) is 2.